The van der Waals surface area contributed by atoms with Crippen molar-refractivity contribution in [2.24, 2.45) is 0 Å². The molecule has 2 fully saturated rings. The van der Waals surface area contributed by atoms with Crippen LogP contribution >= 0.6 is 0 Å². The van der Waals surface area contributed by atoms with E-state index in [1.165, 1.54) is 32.2 Å². The lowest BCUT2D eigenvalue weighted by atomic mass is 9.96. The number of nitrogens with one attached hydrogen (secondary N) is 1. The van der Waals surface area contributed by atoms with Gasteiger partial charge in [-0.2, -0.15) is 0 Å². The van der Waals surface area contributed by atoms with E-state index < -0.39 is 21.7 Å². The van der Waals surface area contributed by atoms with Gasteiger partial charge in [-0.1, -0.05) is 0 Å². The summed E-state index contributed by atoms with van der Waals surface area (Å²) in [5, 5.41) is 0. The number of Topliss-reactive ketones (excluding diaryl/α,β-unsaturated/α-hetero) is 1. The molecule has 1 saturated heterocycles. The van der Waals surface area contributed by atoms with E-state index in [1.54, 1.807) is 23.1 Å². The van der Waals surface area contributed by atoms with E-state index in [0.29, 0.717) is 43.2 Å². The molecule has 0 atom stereocenters. The van der Waals surface area contributed by atoms with Crippen LogP contribution in [-0.2, 0) is 10.0 Å². The molecule has 0 aromatic heterocycles. The molecule has 1 aliphatic heterocycles. The molecule has 1 amide bonds. The highest BCUT2D eigenvalue weighted by molar-refractivity contribution is 7.89. The summed E-state index contributed by atoms with van der Waals surface area (Å²) in [7, 11) is -2.56. The van der Waals surface area contributed by atoms with Gasteiger partial charge in [-0.3, -0.25) is 9.59 Å². The second kappa shape index (κ2) is 9.71. The first-order valence-electron chi connectivity index (χ1n) is 11.3. The van der Waals surface area contributed by atoms with Crippen molar-refractivity contribution in [1.29, 1.82) is 0 Å². The first kappa shape index (κ1) is 24.2. The number of hydrogen-bond donors (Lipinski definition) is 1. The number of carbonyl (C=O) groups excluding carboxylic acids is 2. The Morgan fingerprint density at radius 3 is 2.32 bits per heavy atom. The molecule has 0 radical (unpaired) electrons. The number of hydrogen-bond acceptors (Lipinski definition) is 6. The maximum atomic E-state index is 14.6. The minimum Gasteiger partial charge on any atom is -0.490 e. The van der Waals surface area contributed by atoms with Crippen LogP contribution in [0.15, 0.2) is 41.3 Å². The number of amides is 1. The van der Waals surface area contributed by atoms with Crippen molar-refractivity contribution in [3.63, 3.8) is 0 Å². The van der Waals surface area contributed by atoms with Crippen molar-refractivity contribution in [2.45, 2.75) is 37.2 Å². The number of rotatable bonds is 7. The second-order valence-corrected chi connectivity index (χ2v) is 10.4. The Kier molecular flexibility index (Phi) is 6.90. The fourth-order valence-electron chi connectivity index (χ4n) is 4.08. The van der Waals surface area contributed by atoms with E-state index in [-0.39, 0.29) is 22.3 Å². The topological polar surface area (TPSA) is 96.0 Å². The van der Waals surface area contributed by atoms with Crippen LogP contribution in [0.1, 0.15) is 46.9 Å². The molecule has 1 N–H and O–H groups in total. The maximum Gasteiger partial charge on any atom is 0.255 e. The quantitative estimate of drug-likeness (QED) is 0.601. The van der Waals surface area contributed by atoms with Crippen LogP contribution in [-0.4, -0.2) is 64.3 Å². The number of ketones is 1. The van der Waals surface area contributed by atoms with Crippen molar-refractivity contribution in [1.82, 2.24) is 9.62 Å². The van der Waals surface area contributed by atoms with Crippen LogP contribution in [0.5, 0.6) is 5.75 Å². The lowest BCUT2D eigenvalue weighted by molar-refractivity contribution is 0.0740. The smallest absolute Gasteiger partial charge is 0.255 e. The summed E-state index contributed by atoms with van der Waals surface area (Å²) in [4.78, 5) is 28.1. The van der Waals surface area contributed by atoms with E-state index in [2.05, 4.69) is 4.72 Å². The summed E-state index contributed by atoms with van der Waals surface area (Å²) < 4.78 is 47.8. The lowest BCUT2D eigenvalue weighted by Crippen LogP contribution is -2.49. The van der Waals surface area contributed by atoms with E-state index in [1.807, 2.05) is 4.90 Å². The van der Waals surface area contributed by atoms with Crippen molar-refractivity contribution < 1.29 is 27.1 Å². The van der Waals surface area contributed by atoms with Gasteiger partial charge in [-0.05, 0) is 69.6 Å². The van der Waals surface area contributed by atoms with Crippen LogP contribution in [0.4, 0.5) is 10.1 Å². The summed E-state index contributed by atoms with van der Waals surface area (Å²) in [6, 6.07) is 8.85. The van der Waals surface area contributed by atoms with Gasteiger partial charge in [-0.25, -0.2) is 17.5 Å². The summed E-state index contributed by atoms with van der Waals surface area (Å²) in [5.74, 6) is -0.651. The number of anilines is 1. The molecule has 0 bridgehead atoms. The molecule has 4 rings (SSSR count). The summed E-state index contributed by atoms with van der Waals surface area (Å²) >= 11 is 0. The van der Waals surface area contributed by atoms with Crippen LogP contribution in [0.2, 0.25) is 0 Å². The largest absolute Gasteiger partial charge is 0.490 e. The molecule has 1 saturated carbocycles. The number of ether oxygens (including phenoxy) is 1. The average Bonchev–Trinajstić information content (AvgIpc) is 2.80. The van der Waals surface area contributed by atoms with Gasteiger partial charge in [0.15, 0.2) is 5.78 Å². The Labute approximate surface area is 198 Å². The molecular formula is C24H28FN3O5S. The van der Waals surface area contributed by atoms with E-state index in [0.717, 1.165) is 19.3 Å². The zero-order chi connectivity index (χ0) is 24.5. The van der Waals surface area contributed by atoms with Gasteiger partial charge in [0.05, 0.1) is 22.3 Å². The van der Waals surface area contributed by atoms with Gasteiger partial charge in [0.2, 0.25) is 10.0 Å². The third-order valence-electron chi connectivity index (χ3n) is 6.36. The first-order valence-corrected chi connectivity index (χ1v) is 12.8. The highest BCUT2D eigenvalue weighted by atomic mass is 32.2. The predicted octanol–water partition coefficient (Wildman–Crippen LogP) is 2.83. The number of benzene rings is 2. The molecule has 1 heterocycles. The van der Waals surface area contributed by atoms with Crippen LogP contribution < -0.4 is 14.4 Å². The molecule has 2 aliphatic rings. The van der Waals surface area contributed by atoms with E-state index in [4.69, 9.17) is 4.74 Å². The van der Waals surface area contributed by atoms with Crippen LogP contribution in [0, 0.1) is 5.82 Å². The van der Waals surface area contributed by atoms with Crippen LogP contribution in [0.25, 0.3) is 0 Å². The molecule has 8 nitrogen and oxygen atoms in total. The molecule has 0 spiro atoms. The third-order valence-corrected chi connectivity index (χ3v) is 7.83. The number of nitrogens with zero attached hydrogens (tertiary/aromatic N) is 2. The van der Waals surface area contributed by atoms with Crippen molar-refractivity contribution in [3.8, 4) is 5.75 Å². The van der Waals surface area contributed by atoms with Crippen LogP contribution in [0.3, 0.4) is 0 Å². The monoisotopic (exact) mass is 489 g/mol. The van der Waals surface area contributed by atoms with Gasteiger partial charge in [0.25, 0.3) is 5.91 Å². The Bertz CT molecular complexity index is 1210. The van der Waals surface area contributed by atoms with Crippen molar-refractivity contribution in [3.05, 3.63) is 53.3 Å². The molecular weight excluding hydrogens is 461 g/mol. The third kappa shape index (κ3) is 4.92. The van der Waals surface area contributed by atoms with Gasteiger partial charge in [-0.15, -0.1) is 0 Å². The standard InChI is InChI=1S/C24H28FN3O5S/c1-16(29)17-6-8-22(21(25)14-17)27-10-12-28(13-11-27)24(30)20-15-19(33-18-4-3-5-18)7-9-23(20)34(31,32)26-2/h6-9,14-15,18,26H,3-5,10-13H2,1-2H3. The van der Waals surface area contributed by atoms with Gasteiger partial charge >= 0.3 is 0 Å². The first-order chi connectivity index (χ1) is 16.2. The molecule has 1 aliphatic carbocycles. The summed E-state index contributed by atoms with van der Waals surface area (Å²) in [6.45, 7) is 2.70. The molecule has 0 unspecified atom stereocenters. The molecule has 182 valence electrons. The Morgan fingerprint density at radius 2 is 1.76 bits per heavy atom. The van der Waals surface area contributed by atoms with Gasteiger partial charge in [0, 0.05) is 31.7 Å². The number of piperazine rings is 1. The highest BCUT2D eigenvalue weighted by Gasteiger charge is 2.29. The maximum absolute atomic E-state index is 14.6. The zero-order valence-electron chi connectivity index (χ0n) is 19.2. The molecule has 2 aromatic rings. The number of halogens is 1. The lowest BCUT2D eigenvalue weighted by Gasteiger charge is -2.36. The second-order valence-electron chi connectivity index (χ2n) is 8.54. The Balaban J connectivity index is 1.53. The Hall–Kier alpha value is -2.98. The summed E-state index contributed by atoms with van der Waals surface area (Å²) in [5.41, 5.74) is 0.723. The minimum atomic E-state index is -3.86. The van der Waals surface area contributed by atoms with Crippen molar-refractivity contribution >= 4 is 27.4 Å². The molecule has 10 heteroatoms. The molecule has 2 aromatic carbocycles. The summed E-state index contributed by atoms with van der Waals surface area (Å²) in [6.07, 6.45) is 3.05. The zero-order valence-corrected chi connectivity index (χ0v) is 20.0. The normalized spacial score (nSPS) is 16.8. The van der Waals surface area contributed by atoms with E-state index >= 15 is 0 Å². The van der Waals surface area contributed by atoms with Crippen molar-refractivity contribution in [2.75, 3.05) is 38.1 Å². The SMILES string of the molecule is CNS(=O)(=O)c1ccc(OC2CCC2)cc1C(=O)N1CCN(c2ccc(C(C)=O)cc2F)CC1. The molecule has 34 heavy (non-hydrogen) atoms. The predicted molar refractivity (Wildman–Crippen MR) is 125 cm³/mol. The van der Waals surface area contributed by atoms with Gasteiger partial charge in [0.1, 0.15) is 11.6 Å². The highest BCUT2D eigenvalue weighted by Crippen LogP contribution is 2.29. The minimum absolute atomic E-state index is 0.0524. The number of carbonyl (C=O) groups is 2. The van der Waals surface area contributed by atoms with E-state index in [9.17, 15) is 22.4 Å². The Morgan fingerprint density at radius 1 is 1.06 bits per heavy atom. The fourth-order valence-corrected chi connectivity index (χ4v) is 4.98. The number of sulfonamides is 1. The van der Waals surface area contributed by atoms with Gasteiger partial charge < -0.3 is 14.5 Å². The fraction of sp³-hybridized carbons (Fsp3) is 0.417. The average molecular weight is 490 g/mol.